The molecule has 2 rings (SSSR count). The Labute approximate surface area is 105 Å². The van der Waals surface area contributed by atoms with E-state index < -0.39 is 12.1 Å². The van der Waals surface area contributed by atoms with E-state index in [1.165, 1.54) is 4.90 Å². The highest BCUT2D eigenvalue weighted by Gasteiger charge is 2.37. The Morgan fingerprint density at radius 1 is 1.24 bits per heavy atom. The van der Waals surface area contributed by atoms with Crippen molar-refractivity contribution in [1.82, 2.24) is 5.32 Å². The maximum absolute atomic E-state index is 12.1. The molecule has 1 saturated heterocycles. The number of nitrogens with zero attached hydrogens (tertiary/aromatic N) is 1. The molecule has 2 atom stereocenters. The number of nitrogens with one attached hydrogen (secondary N) is 1. The van der Waals surface area contributed by atoms with Crippen LogP contribution in [-0.2, 0) is 9.59 Å². The molecule has 1 fully saturated rings. The number of carbonyl (C=O) groups is 2. The summed E-state index contributed by atoms with van der Waals surface area (Å²) in [6.07, 6.45) is 0. The van der Waals surface area contributed by atoms with Crippen LogP contribution in [0.4, 0.5) is 5.69 Å². The third-order valence-corrected chi connectivity index (χ3v) is 3.16. The average molecular weight is 253 g/mol. The van der Waals surface area contributed by atoms with Gasteiger partial charge in [0.2, 0.25) is 11.8 Å². The van der Waals surface area contributed by atoms with E-state index in [4.69, 9.17) is 11.6 Å². The fourth-order valence-corrected chi connectivity index (χ4v) is 2.11. The van der Waals surface area contributed by atoms with Gasteiger partial charge in [-0.25, -0.2) is 0 Å². The van der Waals surface area contributed by atoms with Crippen molar-refractivity contribution in [3.05, 3.63) is 29.3 Å². The van der Waals surface area contributed by atoms with Crippen molar-refractivity contribution in [3.63, 3.8) is 0 Å². The van der Waals surface area contributed by atoms with Gasteiger partial charge < -0.3 is 5.32 Å². The standard InChI is InChI=1S/C12H13ClN2O2/c1-7-12(17)15(8(2)11(16)14-7)10-6-4-3-5-9(10)13/h3-8H,1-2H3,(H,14,16). The molecule has 1 heterocycles. The molecule has 1 aliphatic rings. The number of para-hydroxylation sites is 1. The summed E-state index contributed by atoms with van der Waals surface area (Å²) in [6, 6.07) is 5.96. The second kappa shape index (κ2) is 4.37. The number of carbonyl (C=O) groups excluding carboxylic acids is 2. The van der Waals surface area contributed by atoms with Crippen LogP contribution in [0.3, 0.4) is 0 Å². The summed E-state index contributed by atoms with van der Waals surface area (Å²) in [5.41, 5.74) is 0.577. The number of rotatable bonds is 1. The van der Waals surface area contributed by atoms with Crippen LogP contribution in [0.15, 0.2) is 24.3 Å². The van der Waals surface area contributed by atoms with Gasteiger partial charge in [-0.15, -0.1) is 0 Å². The Kier molecular flexibility index (Phi) is 3.07. The third-order valence-electron chi connectivity index (χ3n) is 2.85. The predicted molar refractivity (Wildman–Crippen MR) is 66.0 cm³/mol. The summed E-state index contributed by atoms with van der Waals surface area (Å²) >= 11 is 6.06. The largest absolute Gasteiger partial charge is 0.343 e. The lowest BCUT2D eigenvalue weighted by molar-refractivity contribution is -0.133. The second-order valence-electron chi connectivity index (χ2n) is 4.07. The number of halogens is 1. The molecule has 4 nitrogen and oxygen atoms in total. The summed E-state index contributed by atoms with van der Waals surface area (Å²) in [5, 5.41) is 3.09. The molecule has 5 heteroatoms. The van der Waals surface area contributed by atoms with Gasteiger partial charge in [-0.1, -0.05) is 23.7 Å². The number of benzene rings is 1. The van der Waals surface area contributed by atoms with Crippen LogP contribution in [0.1, 0.15) is 13.8 Å². The smallest absolute Gasteiger partial charge is 0.250 e. The van der Waals surface area contributed by atoms with Crippen molar-refractivity contribution in [2.75, 3.05) is 4.90 Å². The SMILES string of the molecule is CC1NC(=O)C(C)N(c2ccccc2Cl)C1=O. The number of amides is 2. The molecule has 2 amide bonds. The zero-order valence-electron chi connectivity index (χ0n) is 9.61. The van der Waals surface area contributed by atoms with Crippen molar-refractivity contribution in [2.24, 2.45) is 0 Å². The summed E-state index contributed by atoms with van der Waals surface area (Å²) in [4.78, 5) is 25.2. The van der Waals surface area contributed by atoms with Gasteiger partial charge >= 0.3 is 0 Å². The Morgan fingerprint density at radius 2 is 1.88 bits per heavy atom. The first-order chi connectivity index (χ1) is 8.02. The summed E-state index contributed by atoms with van der Waals surface area (Å²) in [5.74, 6) is -0.317. The van der Waals surface area contributed by atoms with Crippen LogP contribution in [-0.4, -0.2) is 23.9 Å². The maximum Gasteiger partial charge on any atom is 0.250 e. The molecule has 1 aromatic carbocycles. The van der Waals surface area contributed by atoms with E-state index >= 15 is 0 Å². The zero-order valence-corrected chi connectivity index (χ0v) is 10.4. The van der Waals surface area contributed by atoms with Crippen molar-refractivity contribution in [3.8, 4) is 0 Å². The first kappa shape index (κ1) is 11.9. The maximum atomic E-state index is 12.1. The van der Waals surface area contributed by atoms with Crippen LogP contribution in [0.2, 0.25) is 5.02 Å². The lowest BCUT2D eigenvalue weighted by Gasteiger charge is -2.36. The number of hydrogen-bond donors (Lipinski definition) is 1. The van der Waals surface area contributed by atoms with Gasteiger partial charge in [-0.3, -0.25) is 14.5 Å². The molecule has 0 spiro atoms. The normalized spacial score (nSPS) is 24.8. The molecule has 0 radical (unpaired) electrons. The van der Waals surface area contributed by atoms with Crippen LogP contribution in [0, 0.1) is 0 Å². The second-order valence-corrected chi connectivity index (χ2v) is 4.47. The van der Waals surface area contributed by atoms with Gasteiger partial charge in [-0.2, -0.15) is 0 Å². The van der Waals surface area contributed by atoms with Gasteiger partial charge in [0.25, 0.3) is 0 Å². The first-order valence-corrected chi connectivity index (χ1v) is 5.78. The Morgan fingerprint density at radius 3 is 2.53 bits per heavy atom. The zero-order chi connectivity index (χ0) is 12.6. The lowest BCUT2D eigenvalue weighted by Crippen LogP contribution is -2.61. The lowest BCUT2D eigenvalue weighted by atomic mass is 10.1. The molecule has 2 unspecified atom stereocenters. The van der Waals surface area contributed by atoms with E-state index in [1.807, 2.05) is 0 Å². The van der Waals surface area contributed by atoms with E-state index in [1.54, 1.807) is 38.1 Å². The van der Waals surface area contributed by atoms with Crippen molar-refractivity contribution < 1.29 is 9.59 Å². The fraction of sp³-hybridized carbons (Fsp3) is 0.333. The summed E-state index contributed by atoms with van der Waals surface area (Å²) in [6.45, 7) is 3.35. The summed E-state index contributed by atoms with van der Waals surface area (Å²) in [7, 11) is 0. The molecule has 0 bridgehead atoms. The average Bonchev–Trinajstić information content (AvgIpc) is 2.29. The minimum absolute atomic E-state index is 0.148. The van der Waals surface area contributed by atoms with Crippen molar-refractivity contribution >= 4 is 29.1 Å². The van der Waals surface area contributed by atoms with Crippen LogP contribution in [0.5, 0.6) is 0 Å². The van der Waals surface area contributed by atoms with Gasteiger partial charge in [0, 0.05) is 0 Å². The fourth-order valence-electron chi connectivity index (χ4n) is 1.89. The molecular formula is C12H13ClN2O2. The highest BCUT2D eigenvalue weighted by atomic mass is 35.5. The summed E-state index contributed by atoms with van der Waals surface area (Å²) < 4.78 is 0. The molecule has 1 aromatic rings. The molecule has 17 heavy (non-hydrogen) atoms. The topological polar surface area (TPSA) is 49.4 Å². The molecule has 90 valence electrons. The van der Waals surface area contributed by atoms with E-state index in [9.17, 15) is 9.59 Å². The first-order valence-electron chi connectivity index (χ1n) is 5.40. The van der Waals surface area contributed by atoms with Crippen molar-refractivity contribution in [1.29, 1.82) is 0 Å². The van der Waals surface area contributed by atoms with Gasteiger partial charge in [0.15, 0.2) is 0 Å². The van der Waals surface area contributed by atoms with Crippen LogP contribution < -0.4 is 10.2 Å². The molecule has 1 N–H and O–H groups in total. The van der Waals surface area contributed by atoms with Gasteiger partial charge in [0.05, 0.1) is 10.7 Å². The van der Waals surface area contributed by atoms with Crippen LogP contribution in [0.25, 0.3) is 0 Å². The van der Waals surface area contributed by atoms with E-state index in [-0.39, 0.29) is 11.8 Å². The van der Waals surface area contributed by atoms with E-state index in [2.05, 4.69) is 5.32 Å². The number of hydrogen-bond acceptors (Lipinski definition) is 2. The van der Waals surface area contributed by atoms with Crippen molar-refractivity contribution in [2.45, 2.75) is 25.9 Å². The minimum Gasteiger partial charge on any atom is -0.343 e. The number of anilines is 1. The quantitative estimate of drug-likeness (QED) is 0.825. The minimum atomic E-state index is -0.543. The van der Waals surface area contributed by atoms with Gasteiger partial charge in [-0.05, 0) is 26.0 Å². The third kappa shape index (κ3) is 2.00. The Hall–Kier alpha value is -1.55. The molecular weight excluding hydrogens is 240 g/mol. The van der Waals surface area contributed by atoms with E-state index in [0.29, 0.717) is 10.7 Å². The molecule has 0 saturated carbocycles. The Bertz CT molecular complexity index is 475. The molecule has 1 aliphatic heterocycles. The highest BCUT2D eigenvalue weighted by Crippen LogP contribution is 2.28. The Balaban J connectivity index is 2.45. The van der Waals surface area contributed by atoms with E-state index in [0.717, 1.165) is 0 Å². The van der Waals surface area contributed by atoms with Crippen LogP contribution >= 0.6 is 11.6 Å². The monoisotopic (exact) mass is 252 g/mol. The highest BCUT2D eigenvalue weighted by molar-refractivity contribution is 6.34. The molecule has 0 aliphatic carbocycles. The molecule has 0 aromatic heterocycles. The number of piperazine rings is 1. The predicted octanol–water partition coefficient (Wildman–Crippen LogP) is 1.58. The van der Waals surface area contributed by atoms with Gasteiger partial charge in [0.1, 0.15) is 12.1 Å².